The SMILES string of the molecule is CNc1cccc2c1Cc1nc(Oc3cccc(C)c3)nc(N3CC4C(N)C4C3)c1-2.CNc1cccc2c1Cc1nc(Oc3cnc4c(ccn4C)c3)nc(N3CC4C(N)C4C3)c1-2. The first-order valence-corrected chi connectivity index (χ1v) is 22.0. The average molecular weight is 839 g/mol. The monoisotopic (exact) mass is 838 g/mol. The fraction of sp³-hybridized carbons (Fsp3) is 0.327. The lowest BCUT2D eigenvalue weighted by molar-refractivity contribution is 0.439. The lowest BCUT2D eigenvalue weighted by Gasteiger charge is -2.23. The van der Waals surface area contributed by atoms with Gasteiger partial charge in [-0.3, -0.25) is 0 Å². The average Bonchev–Trinajstić information content (AvgIpc) is 3.78. The van der Waals surface area contributed by atoms with Crippen molar-refractivity contribution in [2.75, 3.05) is 60.7 Å². The molecule has 6 N–H and O–H groups in total. The third-order valence-electron chi connectivity index (χ3n) is 14.2. The van der Waals surface area contributed by atoms with E-state index in [2.05, 4.69) is 74.8 Å². The molecular formula is C49H50N12O2. The van der Waals surface area contributed by atoms with E-state index in [1.54, 1.807) is 6.20 Å². The van der Waals surface area contributed by atoms with Crippen LogP contribution in [0.5, 0.6) is 23.5 Å². The van der Waals surface area contributed by atoms with Crippen LogP contribution in [0.2, 0.25) is 0 Å². The zero-order chi connectivity index (χ0) is 42.7. The lowest BCUT2D eigenvalue weighted by Crippen LogP contribution is -2.29. The van der Waals surface area contributed by atoms with Gasteiger partial charge in [-0.1, -0.05) is 36.4 Å². The molecule has 4 atom stereocenters. The van der Waals surface area contributed by atoms with Crippen molar-refractivity contribution in [1.29, 1.82) is 0 Å². The van der Waals surface area contributed by atoms with Crippen molar-refractivity contribution in [3.63, 3.8) is 0 Å². The number of hydrogen-bond donors (Lipinski definition) is 4. The molecular weight excluding hydrogens is 789 g/mol. The van der Waals surface area contributed by atoms with Crippen LogP contribution in [0, 0.1) is 30.6 Å². The summed E-state index contributed by atoms with van der Waals surface area (Å²) in [6.07, 6.45) is 5.26. The van der Waals surface area contributed by atoms with Crippen LogP contribution in [0.4, 0.5) is 23.0 Å². The number of ether oxygens (including phenoxy) is 2. The van der Waals surface area contributed by atoms with Gasteiger partial charge in [-0.2, -0.15) is 19.9 Å². The zero-order valence-corrected chi connectivity index (χ0v) is 35.8. The minimum absolute atomic E-state index is 0.332. The summed E-state index contributed by atoms with van der Waals surface area (Å²) in [6, 6.07) is 26.2. The van der Waals surface area contributed by atoms with Gasteiger partial charge in [0.1, 0.15) is 28.8 Å². The van der Waals surface area contributed by atoms with Gasteiger partial charge in [0.25, 0.3) is 0 Å². The van der Waals surface area contributed by atoms with E-state index < -0.39 is 0 Å². The summed E-state index contributed by atoms with van der Waals surface area (Å²) >= 11 is 0. The molecule has 0 amide bonds. The molecule has 14 heteroatoms. The highest BCUT2D eigenvalue weighted by atomic mass is 16.5. The molecule has 2 saturated carbocycles. The standard InChI is InChI=1S/C25H25N7O.C24H25N5O/c1-27-19-5-3-4-15-16(19)9-20-21(15)24(32-11-17-18(12-32)22(17)26)30-25(29-20)33-14-8-13-6-7-31(2)23(13)28-10-14;1-13-5-3-6-14(9-13)30-24-27-20-10-16-15(7-4-8-19(16)26-2)21(20)23(28-24)29-11-17-18(12-29)22(17)25/h3-8,10,17-18,22,27H,9,11-12,26H2,1-2H3;3-9,17-18,22,26H,10-12,25H2,1-2H3. The normalized spacial score (nSPS) is 22.6. The van der Waals surface area contributed by atoms with Gasteiger partial charge < -0.3 is 45.9 Å². The van der Waals surface area contributed by atoms with Crippen molar-refractivity contribution < 1.29 is 9.47 Å². The Kier molecular flexibility index (Phi) is 8.67. The Bertz CT molecular complexity index is 2960. The van der Waals surface area contributed by atoms with Gasteiger partial charge in [-0.25, -0.2) is 4.98 Å². The van der Waals surface area contributed by atoms with E-state index >= 15 is 0 Å². The summed E-state index contributed by atoms with van der Waals surface area (Å²) in [5, 5.41) is 7.67. The summed E-state index contributed by atoms with van der Waals surface area (Å²) in [6.45, 7) is 5.85. The number of aromatic nitrogens is 6. The highest BCUT2D eigenvalue weighted by Crippen LogP contribution is 2.52. The van der Waals surface area contributed by atoms with Crippen LogP contribution in [-0.4, -0.2) is 81.8 Å². The van der Waals surface area contributed by atoms with E-state index in [4.69, 9.17) is 40.9 Å². The molecule has 0 spiro atoms. The van der Waals surface area contributed by atoms with Crippen LogP contribution in [0.15, 0.2) is 85.2 Å². The molecule has 4 fully saturated rings. The first-order valence-electron chi connectivity index (χ1n) is 22.0. The fourth-order valence-electron chi connectivity index (χ4n) is 10.7. The van der Waals surface area contributed by atoms with Gasteiger partial charge in [0, 0.05) is 106 Å². The first-order chi connectivity index (χ1) is 30.7. The molecule has 0 radical (unpaired) electrons. The molecule has 4 aliphatic carbocycles. The number of nitrogens with one attached hydrogen (secondary N) is 2. The number of rotatable bonds is 8. The highest BCUT2D eigenvalue weighted by molar-refractivity contribution is 5.89. The van der Waals surface area contributed by atoms with E-state index in [9.17, 15) is 0 Å². The Balaban J connectivity index is 0.000000134. The van der Waals surface area contributed by atoms with Crippen LogP contribution in [0.1, 0.15) is 28.1 Å². The highest BCUT2D eigenvalue weighted by Gasteiger charge is 2.55. The van der Waals surface area contributed by atoms with Gasteiger partial charge in [-0.05, 0) is 94.8 Å². The quantitative estimate of drug-likeness (QED) is 0.127. The second kappa shape index (κ2) is 14.4. The van der Waals surface area contributed by atoms with Gasteiger partial charge in [0.05, 0.1) is 17.6 Å². The second-order valence-corrected chi connectivity index (χ2v) is 18.0. The molecule has 4 unspecified atom stereocenters. The Morgan fingerprint density at radius 3 is 1.68 bits per heavy atom. The van der Waals surface area contributed by atoms with Crippen LogP contribution < -0.4 is 41.4 Å². The van der Waals surface area contributed by atoms with Crippen LogP contribution >= 0.6 is 0 Å². The molecule has 2 aliphatic heterocycles. The number of nitrogens with two attached hydrogens (primary N) is 2. The number of hydrogen-bond acceptors (Lipinski definition) is 13. The van der Waals surface area contributed by atoms with Crippen LogP contribution in [0.25, 0.3) is 33.3 Å². The van der Waals surface area contributed by atoms with Crippen molar-refractivity contribution in [1.82, 2.24) is 29.5 Å². The number of benzene rings is 3. The Hall–Kier alpha value is -6.77. The molecule has 318 valence electrons. The third-order valence-corrected chi connectivity index (χ3v) is 14.2. The number of nitrogens with zero attached hydrogens (tertiary/aromatic N) is 8. The Labute approximate surface area is 365 Å². The van der Waals surface area contributed by atoms with E-state index in [-0.39, 0.29) is 0 Å². The summed E-state index contributed by atoms with van der Waals surface area (Å²) in [7, 11) is 5.91. The van der Waals surface area contributed by atoms with Crippen molar-refractivity contribution in [2.24, 2.45) is 42.2 Å². The van der Waals surface area contributed by atoms with Crippen molar-refractivity contribution in [3.05, 3.63) is 113 Å². The maximum Gasteiger partial charge on any atom is 0.324 e. The van der Waals surface area contributed by atoms with Crippen molar-refractivity contribution >= 4 is 34.0 Å². The van der Waals surface area contributed by atoms with Gasteiger partial charge in [-0.15, -0.1) is 0 Å². The lowest BCUT2D eigenvalue weighted by atomic mass is 10.1. The van der Waals surface area contributed by atoms with Crippen molar-refractivity contribution in [2.45, 2.75) is 31.8 Å². The minimum Gasteiger partial charge on any atom is -0.424 e. The molecule has 4 aromatic heterocycles. The van der Waals surface area contributed by atoms with Crippen LogP contribution in [-0.2, 0) is 19.9 Å². The van der Waals surface area contributed by atoms with E-state index in [0.717, 1.165) is 107 Å². The van der Waals surface area contributed by atoms with E-state index in [1.165, 1.54) is 22.3 Å². The fourth-order valence-corrected chi connectivity index (χ4v) is 10.7. The molecule has 6 aliphatic rings. The third kappa shape index (κ3) is 6.33. The van der Waals surface area contributed by atoms with Crippen LogP contribution in [0.3, 0.4) is 0 Å². The van der Waals surface area contributed by atoms with Crippen molar-refractivity contribution in [3.8, 4) is 45.8 Å². The maximum atomic E-state index is 6.22. The molecule has 7 aromatic rings. The van der Waals surface area contributed by atoms with Gasteiger partial charge in [0.2, 0.25) is 0 Å². The topological polar surface area (TPSA) is 170 Å². The molecule has 0 bridgehead atoms. The first kappa shape index (κ1) is 37.9. The summed E-state index contributed by atoms with van der Waals surface area (Å²) in [5.41, 5.74) is 26.0. The van der Waals surface area contributed by atoms with E-state index in [0.29, 0.717) is 53.5 Å². The van der Waals surface area contributed by atoms with Gasteiger partial charge >= 0.3 is 12.0 Å². The maximum absolute atomic E-state index is 6.22. The van der Waals surface area contributed by atoms with Gasteiger partial charge in [0.15, 0.2) is 0 Å². The van der Waals surface area contributed by atoms with E-state index in [1.807, 2.05) is 62.2 Å². The number of fused-ring (bicyclic) bond motifs is 9. The summed E-state index contributed by atoms with van der Waals surface area (Å²) in [5.74, 6) is 5.63. The smallest absolute Gasteiger partial charge is 0.324 e. The molecule has 14 nitrogen and oxygen atoms in total. The predicted molar refractivity (Wildman–Crippen MR) is 246 cm³/mol. The Morgan fingerprint density at radius 1 is 0.635 bits per heavy atom. The number of pyridine rings is 1. The molecule has 6 heterocycles. The Morgan fingerprint density at radius 2 is 1.16 bits per heavy atom. The zero-order valence-electron chi connectivity index (χ0n) is 35.8. The molecule has 13 rings (SSSR count). The second-order valence-electron chi connectivity index (χ2n) is 18.0. The number of anilines is 4. The predicted octanol–water partition coefficient (Wildman–Crippen LogP) is 6.75. The molecule has 3 aromatic carbocycles. The largest absolute Gasteiger partial charge is 0.424 e. The summed E-state index contributed by atoms with van der Waals surface area (Å²) < 4.78 is 14.3. The number of aryl methyl sites for hydroxylation is 2. The summed E-state index contributed by atoms with van der Waals surface area (Å²) in [4.78, 5) is 28.8. The minimum atomic E-state index is 0.332. The number of piperidine rings is 2. The molecule has 2 saturated heterocycles. The molecule has 63 heavy (non-hydrogen) atoms.